The minimum Gasteiger partial charge on any atom is -0.530 e. The van der Waals surface area contributed by atoms with Crippen molar-refractivity contribution < 1.29 is 14.6 Å². The van der Waals surface area contributed by atoms with Crippen molar-refractivity contribution in [2.45, 2.75) is 0 Å². The van der Waals surface area contributed by atoms with E-state index < -0.39 is 6.09 Å². The van der Waals surface area contributed by atoms with Gasteiger partial charge in [0.1, 0.15) is 11.8 Å². The Kier molecular flexibility index (Phi) is 4.74. The molecule has 1 N–H and O–H groups in total. The highest BCUT2D eigenvalue weighted by atomic mass is 16.5. The predicted octanol–water partition coefficient (Wildman–Crippen LogP) is 1.78. The number of rotatable bonds is 4. The Balaban J connectivity index is 1.58. The molecule has 6 nitrogen and oxygen atoms in total. The molecule has 0 radical (unpaired) electrons. The third-order valence-corrected chi connectivity index (χ3v) is 4.20. The molecule has 0 atom stereocenters. The lowest BCUT2D eigenvalue weighted by molar-refractivity contribution is -0.242. The lowest BCUT2D eigenvalue weighted by atomic mass is 10.2. The quantitative estimate of drug-likeness (QED) is 0.927. The zero-order valence-electron chi connectivity index (χ0n) is 13.6. The number of nitrogens with one attached hydrogen (secondary N) is 1. The molecule has 3 rings (SSSR count). The molecule has 0 bridgehead atoms. The number of hydrogen-bond donors (Lipinski definition) is 1. The number of carboxylic acid groups (broad SMARTS) is 1. The van der Waals surface area contributed by atoms with Crippen molar-refractivity contribution >= 4 is 23.2 Å². The van der Waals surface area contributed by atoms with Gasteiger partial charge in [0.15, 0.2) is 0 Å². The van der Waals surface area contributed by atoms with Gasteiger partial charge in [-0.05, 0) is 48.5 Å². The first-order valence-corrected chi connectivity index (χ1v) is 7.88. The summed E-state index contributed by atoms with van der Waals surface area (Å²) in [5.41, 5.74) is 2.81. The molecule has 1 aliphatic heterocycles. The smallest absolute Gasteiger partial charge is 0.138 e. The molecule has 0 aliphatic carbocycles. The van der Waals surface area contributed by atoms with Crippen LogP contribution in [0, 0.1) is 0 Å². The average Bonchev–Trinajstić information content (AvgIpc) is 2.62. The maximum absolute atomic E-state index is 10.5. The molecular formula is C18H20N3O3-. The fourth-order valence-corrected chi connectivity index (χ4v) is 2.89. The van der Waals surface area contributed by atoms with Crippen LogP contribution in [-0.2, 0) is 0 Å². The highest BCUT2D eigenvalue weighted by Crippen LogP contribution is 2.23. The van der Waals surface area contributed by atoms with E-state index in [0.717, 1.165) is 37.6 Å². The van der Waals surface area contributed by atoms with Gasteiger partial charge in [-0.25, -0.2) is 0 Å². The van der Waals surface area contributed by atoms with Crippen molar-refractivity contribution in [3.63, 3.8) is 0 Å². The van der Waals surface area contributed by atoms with Crippen LogP contribution in [0.1, 0.15) is 0 Å². The van der Waals surface area contributed by atoms with Crippen molar-refractivity contribution in [3.05, 3.63) is 48.5 Å². The summed E-state index contributed by atoms with van der Waals surface area (Å²) in [7, 11) is 1.67. The van der Waals surface area contributed by atoms with E-state index in [0.29, 0.717) is 5.69 Å². The molecule has 2 aromatic carbocycles. The molecule has 0 unspecified atom stereocenters. The summed E-state index contributed by atoms with van der Waals surface area (Å²) >= 11 is 0. The van der Waals surface area contributed by atoms with Crippen molar-refractivity contribution in [1.82, 2.24) is 0 Å². The van der Waals surface area contributed by atoms with Gasteiger partial charge in [0, 0.05) is 43.2 Å². The Morgan fingerprint density at radius 3 is 1.79 bits per heavy atom. The molecule has 2 aromatic rings. The second-order valence-electron chi connectivity index (χ2n) is 5.63. The van der Waals surface area contributed by atoms with Gasteiger partial charge in [-0.2, -0.15) is 0 Å². The standard InChI is InChI=1S/C18H21N3O3/c1-24-17-8-6-16(7-9-17)21-12-10-20(11-13-21)15-4-2-14(3-5-15)19-18(22)23/h2-9,19H,10-13H2,1H3,(H,22,23)/p-1. The van der Waals surface area contributed by atoms with Crippen LogP contribution in [-0.4, -0.2) is 39.4 Å². The van der Waals surface area contributed by atoms with Crippen LogP contribution >= 0.6 is 0 Å². The lowest BCUT2D eigenvalue weighted by Gasteiger charge is -2.37. The van der Waals surface area contributed by atoms with Crippen LogP contribution in [0.25, 0.3) is 0 Å². The minimum atomic E-state index is -1.30. The molecule has 1 aliphatic rings. The van der Waals surface area contributed by atoms with Crippen molar-refractivity contribution in [2.24, 2.45) is 0 Å². The second-order valence-corrected chi connectivity index (χ2v) is 5.63. The first-order chi connectivity index (χ1) is 11.7. The highest BCUT2D eigenvalue weighted by Gasteiger charge is 2.17. The molecule has 24 heavy (non-hydrogen) atoms. The van der Waals surface area contributed by atoms with E-state index in [9.17, 15) is 9.90 Å². The van der Waals surface area contributed by atoms with Crippen LogP contribution in [0.3, 0.4) is 0 Å². The van der Waals surface area contributed by atoms with Gasteiger partial charge in [0.2, 0.25) is 0 Å². The number of benzene rings is 2. The number of ether oxygens (including phenoxy) is 1. The molecule has 1 heterocycles. The van der Waals surface area contributed by atoms with Gasteiger partial charge in [0.05, 0.1) is 7.11 Å². The van der Waals surface area contributed by atoms with Gasteiger partial charge in [-0.1, -0.05) is 0 Å². The second kappa shape index (κ2) is 7.12. The topological polar surface area (TPSA) is 67.9 Å². The van der Waals surface area contributed by atoms with Crippen LogP contribution < -0.4 is 25.0 Å². The highest BCUT2D eigenvalue weighted by molar-refractivity contribution is 5.81. The maximum atomic E-state index is 10.5. The third kappa shape index (κ3) is 3.71. The Labute approximate surface area is 141 Å². The fourth-order valence-electron chi connectivity index (χ4n) is 2.89. The summed E-state index contributed by atoms with van der Waals surface area (Å²) in [6.07, 6.45) is -1.30. The number of hydrogen-bond acceptors (Lipinski definition) is 5. The van der Waals surface area contributed by atoms with E-state index >= 15 is 0 Å². The zero-order chi connectivity index (χ0) is 16.9. The molecule has 6 heteroatoms. The summed E-state index contributed by atoms with van der Waals surface area (Å²) in [6.45, 7) is 3.70. The summed E-state index contributed by atoms with van der Waals surface area (Å²) in [6, 6.07) is 15.5. The summed E-state index contributed by atoms with van der Waals surface area (Å²) in [5, 5.41) is 12.8. The van der Waals surface area contributed by atoms with Crippen LogP contribution in [0.4, 0.5) is 21.9 Å². The predicted molar refractivity (Wildman–Crippen MR) is 92.9 cm³/mol. The Morgan fingerprint density at radius 2 is 1.38 bits per heavy atom. The average molecular weight is 326 g/mol. The first kappa shape index (κ1) is 16.0. The van der Waals surface area contributed by atoms with E-state index in [-0.39, 0.29) is 0 Å². The fraction of sp³-hybridized carbons (Fsp3) is 0.278. The molecule has 0 saturated carbocycles. The van der Waals surface area contributed by atoms with Crippen molar-refractivity contribution in [1.29, 1.82) is 0 Å². The number of piperazine rings is 1. The molecule has 1 amide bonds. The van der Waals surface area contributed by atoms with Crippen molar-refractivity contribution in [2.75, 3.05) is 48.4 Å². The monoisotopic (exact) mass is 326 g/mol. The SMILES string of the molecule is COc1ccc(N2CCN(c3ccc(NC(=O)[O-])cc3)CC2)cc1. The summed E-state index contributed by atoms with van der Waals surface area (Å²) < 4.78 is 5.19. The number of nitrogens with zero attached hydrogens (tertiary/aromatic N) is 2. The molecule has 1 fully saturated rings. The number of methoxy groups -OCH3 is 1. The molecular weight excluding hydrogens is 306 g/mol. The normalized spacial score (nSPS) is 14.4. The van der Waals surface area contributed by atoms with Gasteiger partial charge in [-0.3, -0.25) is 0 Å². The number of carbonyl (C=O) groups is 1. The number of carbonyl (C=O) groups excluding carboxylic acids is 1. The maximum Gasteiger partial charge on any atom is 0.138 e. The third-order valence-electron chi connectivity index (χ3n) is 4.20. The largest absolute Gasteiger partial charge is 0.530 e. The Morgan fingerprint density at radius 1 is 0.917 bits per heavy atom. The van der Waals surface area contributed by atoms with Crippen molar-refractivity contribution in [3.8, 4) is 5.75 Å². The summed E-state index contributed by atoms with van der Waals surface area (Å²) in [4.78, 5) is 15.2. The molecule has 1 saturated heterocycles. The number of amides is 1. The van der Waals surface area contributed by atoms with Gasteiger partial charge in [0.25, 0.3) is 0 Å². The van der Waals surface area contributed by atoms with Crippen LogP contribution in [0.2, 0.25) is 0 Å². The molecule has 0 spiro atoms. The van der Waals surface area contributed by atoms with E-state index in [1.807, 2.05) is 24.3 Å². The van der Waals surface area contributed by atoms with E-state index in [4.69, 9.17) is 4.74 Å². The zero-order valence-corrected chi connectivity index (χ0v) is 13.6. The van der Waals surface area contributed by atoms with E-state index in [2.05, 4.69) is 27.2 Å². The van der Waals surface area contributed by atoms with Crippen LogP contribution in [0.15, 0.2) is 48.5 Å². The van der Waals surface area contributed by atoms with Gasteiger partial charge in [-0.15, -0.1) is 0 Å². The molecule has 126 valence electrons. The van der Waals surface area contributed by atoms with Crippen LogP contribution in [0.5, 0.6) is 5.75 Å². The first-order valence-electron chi connectivity index (χ1n) is 7.88. The van der Waals surface area contributed by atoms with Gasteiger partial charge < -0.3 is 29.8 Å². The Bertz CT molecular complexity index is 678. The Hall–Kier alpha value is -2.89. The lowest BCUT2D eigenvalue weighted by Crippen LogP contribution is -2.46. The van der Waals surface area contributed by atoms with E-state index in [1.165, 1.54) is 5.69 Å². The summed E-state index contributed by atoms with van der Waals surface area (Å²) in [5.74, 6) is 0.864. The van der Waals surface area contributed by atoms with Gasteiger partial charge >= 0.3 is 0 Å². The number of anilines is 3. The molecule has 0 aromatic heterocycles. The van der Waals surface area contributed by atoms with E-state index in [1.54, 1.807) is 19.2 Å². The minimum absolute atomic E-state index is 0.524.